The Kier molecular flexibility index (Phi) is 6.21. The van der Waals surface area contributed by atoms with Crippen LogP contribution >= 0.6 is 23.4 Å². The molecule has 2 rings (SSSR count). The maximum Gasteiger partial charge on any atom is 0.257 e. The average molecular weight is 401 g/mol. The predicted octanol–water partition coefficient (Wildman–Crippen LogP) is 3.69. The molecule has 0 aromatic heterocycles. The highest BCUT2D eigenvalue weighted by Crippen LogP contribution is 2.29. The van der Waals surface area contributed by atoms with Crippen LogP contribution in [-0.4, -0.2) is 33.9 Å². The lowest BCUT2D eigenvalue weighted by Gasteiger charge is -2.13. The van der Waals surface area contributed by atoms with Gasteiger partial charge in [-0.3, -0.25) is 9.52 Å². The van der Waals surface area contributed by atoms with Crippen LogP contribution in [0, 0.1) is 0 Å². The zero-order chi connectivity index (χ0) is 18.6. The molecule has 25 heavy (non-hydrogen) atoms. The third kappa shape index (κ3) is 5.29. The van der Waals surface area contributed by atoms with Gasteiger partial charge in [0.15, 0.2) is 0 Å². The van der Waals surface area contributed by atoms with Crippen molar-refractivity contribution in [1.29, 1.82) is 0 Å². The number of carbonyl (C=O) groups excluding carboxylic acids is 1. The van der Waals surface area contributed by atoms with Crippen LogP contribution in [0.1, 0.15) is 10.4 Å². The van der Waals surface area contributed by atoms with Crippen LogP contribution in [-0.2, 0) is 10.0 Å². The molecular formula is C16H17ClN2O4S2. The lowest BCUT2D eigenvalue weighted by Crippen LogP contribution is -2.14. The Hall–Kier alpha value is -1.90. The second-order valence-electron chi connectivity index (χ2n) is 5.09. The minimum absolute atomic E-state index is 0.283. The largest absolute Gasteiger partial charge is 0.494 e. The Labute approximate surface area is 156 Å². The molecule has 0 atom stereocenters. The van der Waals surface area contributed by atoms with Gasteiger partial charge in [-0.1, -0.05) is 11.6 Å². The summed E-state index contributed by atoms with van der Waals surface area (Å²) < 4.78 is 30.2. The number of benzene rings is 2. The van der Waals surface area contributed by atoms with Crippen molar-refractivity contribution in [3.63, 3.8) is 0 Å². The molecule has 9 heteroatoms. The molecular weight excluding hydrogens is 384 g/mol. The van der Waals surface area contributed by atoms with Crippen molar-refractivity contribution in [3.05, 3.63) is 47.0 Å². The highest BCUT2D eigenvalue weighted by atomic mass is 35.5. The van der Waals surface area contributed by atoms with Crippen molar-refractivity contribution >= 4 is 50.7 Å². The summed E-state index contributed by atoms with van der Waals surface area (Å²) in [5.74, 6) is -0.0843. The quantitative estimate of drug-likeness (QED) is 0.722. The number of thioether (sulfide) groups is 1. The minimum Gasteiger partial charge on any atom is -0.494 e. The van der Waals surface area contributed by atoms with Crippen LogP contribution in [0.25, 0.3) is 0 Å². The molecule has 2 N–H and O–H groups in total. The summed E-state index contributed by atoms with van der Waals surface area (Å²) in [6, 6.07) is 9.81. The molecule has 6 nitrogen and oxygen atoms in total. The van der Waals surface area contributed by atoms with E-state index < -0.39 is 10.0 Å². The summed E-state index contributed by atoms with van der Waals surface area (Å²) in [5, 5.41) is 3.07. The highest BCUT2D eigenvalue weighted by molar-refractivity contribution is 7.98. The fourth-order valence-electron chi connectivity index (χ4n) is 2.06. The van der Waals surface area contributed by atoms with Crippen molar-refractivity contribution in [3.8, 4) is 5.75 Å². The summed E-state index contributed by atoms with van der Waals surface area (Å²) >= 11 is 7.60. The van der Waals surface area contributed by atoms with E-state index in [4.69, 9.17) is 16.3 Å². The summed E-state index contributed by atoms with van der Waals surface area (Å²) in [5.41, 5.74) is 1.09. The van der Waals surface area contributed by atoms with E-state index in [1.165, 1.54) is 31.0 Å². The number of halogens is 1. The fourth-order valence-corrected chi connectivity index (χ4v) is 3.27. The number of amides is 1. The van der Waals surface area contributed by atoms with Crippen molar-refractivity contribution in [2.45, 2.75) is 4.90 Å². The van der Waals surface area contributed by atoms with Gasteiger partial charge in [-0.05, 0) is 36.6 Å². The first-order valence-corrected chi connectivity index (χ1v) is 10.5. The molecule has 0 aliphatic carbocycles. The number of rotatable bonds is 6. The van der Waals surface area contributed by atoms with Gasteiger partial charge in [0.2, 0.25) is 10.0 Å². The Morgan fingerprint density at radius 1 is 1.20 bits per heavy atom. The van der Waals surface area contributed by atoms with Crippen molar-refractivity contribution < 1.29 is 17.9 Å². The molecule has 1 amide bonds. The third-order valence-corrected chi connectivity index (χ3v) is 4.82. The lowest BCUT2D eigenvalue weighted by atomic mass is 10.2. The van der Waals surface area contributed by atoms with Gasteiger partial charge in [0.05, 0.1) is 29.6 Å². The van der Waals surface area contributed by atoms with Gasteiger partial charge >= 0.3 is 0 Å². The summed E-state index contributed by atoms with van der Waals surface area (Å²) in [6.07, 6.45) is 2.95. The molecule has 2 aromatic rings. The van der Waals surface area contributed by atoms with E-state index in [0.717, 1.165) is 11.2 Å². The number of anilines is 2. The van der Waals surface area contributed by atoms with E-state index in [2.05, 4.69) is 10.0 Å². The number of carbonyl (C=O) groups is 1. The van der Waals surface area contributed by atoms with Gasteiger partial charge in [0.1, 0.15) is 5.75 Å². The normalized spacial score (nSPS) is 11.0. The molecule has 0 saturated carbocycles. The zero-order valence-corrected chi connectivity index (χ0v) is 16.2. The van der Waals surface area contributed by atoms with E-state index >= 15 is 0 Å². The van der Waals surface area contributed by atoms with Gasteiger partial charge in [-0.15, -0.1) is 11.8 Å². The SMILES string of the molecule is COc1cc(NC(=O)c2cc(SC)ccc2Cl)ccc1NS(C)(=O)=O. The van der Waals surface area contributed by atoms with Crippen LogP contribution in [0.15, 0.2) is 41.3 Å². The maximum atomic E-state index is 12.5. The molecule has 134 valence electrons. The second-order valence-corrected chi connectivity index (χ2v) is 8.12. The van der Waals surface area contributed by atoms with Crippen molar-refractivity contribution in [2.75, 3.05) is 29.7 Å². The van der Waals surface area contributed by atoms with Crippen molar-refractivity contribution in [2.24, 2.45) is 0 Å². The Morgan fingerprint density at radius 3 is 2.52 bits per heavy atom. The van der Waals surface area contributed by atoms with Gasteiger partial charge < -0.3 is 10.1 Å². The summed E-state index contributed by atoms with van der Waals surface area (Å²) in [4.78, 5) is 13.4. The number of nitrogens with one attached hydrogen (secondary N) is 2. The Balaban J connectivity index is 2.27. The number of sulfonamides is 1. The molecule has 0 saturated heterocycles. The lowest BCUT2D eigenvalue weighted by molar-refractivity contribution is 0.102. The van der Waals surface area contributed by atoms with Crippen molar-refractivity contribution in [1.82, 2.24) is 0 Å². The van der Waals surface area contributed by atoms with Crippen LogP contribution in [0.3, 0.4) is 0 Å². The Bertz CT molecular complexity index is 901. The fraction of sp³-hybridized carbons (Fsp3) is 0.188. The molecule has 0 aliphatic heterocycles. The smallest absolute Gasteiger partial charge is 0.257 e. The monoisotopic (exact) mass is 400 g/mol. The number of hydrogen-bond acceptors (Lipinski definition) is 5. The van der Waals surface area contributed by atoms with Crippen LogP contribution in [0.2, 0.25) is 5.02 Å². The summed E-state index contributed by atoms with van der Waals surface area (Å²) in [7, 11) is -2.03. The minimum atomic E-state index is -3.44. The molecule has 0 spiro atoms. The van der Waals surface area contributed by atoms with Crippen LogP contribution in [0.4, 0.5) is 11.4 Å². The molecule has 0 radical (unpaired) electrons. The van der Waals surface area contributed by atoms with E-state index in [-0.39, 0.29) is 17.3 Å². The molecule has 0 aliphatic rings. The van der Waals surface area contributed by atoms with Crippen LogP contribution in [0.5, 0.6) is 5.75 Å². The van der Waals surface area contributed by atoms with Gasteiger partial charge in [0.25, 0.3) is 5.91 Å². The third-order valence-electron chi connectivity index (χ3n) is 3.17. The first-order chi connectivity index (χ1) is 11.7. The number of methoxy groups -OCH3 is 1. The number of hydrogen-bond donors (Lipinski definition) is 2. The van der Waals surface area contributed by atoms with Gasteiger partial charge in [-0.25, -0.2) is 8.42 Å². The summed E-state index contributed by atoms with van der Waals surface area (Å²) in [6.45, 7) is 0. The molecule has 0 fully saturated rings. The van der Waals surface area contributed by atoms with Gasteiger partial charge in [-0.2, -0.15) is 0 Å². The van der Waals surface area contributed by atoms with Crippen LogP contribution < -0.4 is 14.8 Å². The first kappa shape index (κ1) is 19.4. The average Bonchev–Trinajstić information content (AvgIpc) is 2.55. The van der Waals surface area contributed by atoms with E-state index in [9.17, 15) is 13.2 Å². The van der Waals surface area contributed by atoms with Gasteiger partial charge in [0, 0.05) is 16.6 Å². The van der Waals surface area contributed by atoms with E-state index in [1.54, 1.807) is 18.2 Å². The predicted molar refractivity (Wildman–Crippen MR) is 103 cm³/mol. The number of ether oxygens (including phenoxy) is 1. The maximum absolute atomic E-state index is 12.5. The molecule has 0 heterocycles. The van der Waals surface area contributed by atoms with E-state index in [0.29, 0.717) is 16.3 Å². The topological polar surface area (TPSA) is 84.5 Å². The zero-order valence-electron chi connectivity index (χ0n) is 13.8. The molecule has 0 bridgehead atoms. The molecule has 0 unspecified atom stereocenters. The standard InChI is InChI=1S/C16H17ClN2O4S2/c1-23-15-8-10(4-7-14(15)19-25(3,21)22)18-16(20)12-9-11(24-2)5-6-13(12)17/h4-9,19H,1-3H3,(H,18,20). The highest BCUT2D eigenvalue weighted by Gasteiger charge is 2.14. The first-order valence-electron chi connectivity index (χ1n) is 7.04. The molecule has 2 aromatic carbocycles. The Morgan fingerprint density at radius 2 is 1.92 bits per heavy atom. The second kappa shape index (κ2) is 7.99. The van der Waals surface area contributed by atoms with E-state index in [1.807, 2.05) is 12.3 Å².